The Morgan fingerprint density at radius 1 is 0.415 bits per heavy atom. The van der Waals surface area contributed by atoms with Gasteiger partial charge in [-0.3, -0.25) is 19.5 Å². The number of amides is 1. The minimum atomic E-state index is 0.0288. The summed E-state index contributed by atoms with van der Waals surface area (Å²) in [6.07, 6.45) is 17.6. The quantitative estimate of drug-likeness (QED) is 0.125. The molecule has 5 radical (unpaired) electrons. The molecule has 0 atom stereocenters. The van der Waals surface area contributed by atoms with Crippen LogP contribution in [0.15, 0.2) is 54.6 Å². The van der Waals surface area contributed by atoms with Gasteiger partial charge in [0, 0.05) is 58.9 Å². The van der Waals surface area contributed by atoms with Crippen molar-refractivity contribution in [1.82, 2.24) is 19.6 Å². The van der Waals surface area contributed by atoms with Crippen molar-refractivity contribution >= 4 is 27.5 Å². The molecule has 65 heavy (non-hydrogen) atoms. The molecule has 3 aromatic carbocycles. The van der Waals surface area contributed by atoms with Crippen molar-refractivity contribution in [2.45, 2.75) is 57.9 Å². The van der Waals surface area contributed by atoms with E-state index in [0.29, 0.717) is 112 Å². The highest BCUT2D eigenvalue weighted by atomic mass is 16.5. The summed E-state index contributed by atoms with van der Waals surface area (Å²) in [6.45, 7) is 17.9. The van der Waals surface area contributed by atoms with E-state index in [0.717, 1.165) is 58.9 Å². The molecule has 359 valence electrons. The number of rotatable bonds is 14. The molecule has 0 bridgehead atoms. The fourth-order valence-electron chi connectivity index (χ4n) is 8.77. The molecule has 1 saturated carbocycles. The molecule has 6 rings (SSSR count). The summed E-state index contributed by atoms with van der Waals surface area (Å²) < 4.78 is 42.0. The van der Waals surface area contributed by atoms with Gasteiger partial charge in [-0.15, -0.1) is 0 Å². The van der Waals surface area contributed by atoms with E-state index in [2.05, 4.69) is 69.3 Å². The molecule has 12 nitrogen and oxygen atoms in total. The van der Waals surface area contributed by atoms with E-state index in [9.17, 15) is 4.79 Å². The highest BCUT2D eigenvalue weighted by Gasteiger charge is 2.28. The third-order valence-electron chi connectivity index (χ3n) is 12.6. The zero-order valence-corrected chi connectivity index (χ0v) is 39.4. The van der Waals surface area contributed by atoms with Crippen molar-refractivity contribution in [2.75, 3.05) is 158 Å². The van der Waals surface area contributed by atoms with Crippen molar-refractivity contribution in [3.63, 3.8) is 0 Å². The third-order valence-corrected chi connectivity index (χ3v) is 12.6. The third kappa shape index (κ3) is 19.8. The van der Waals surface area contributed by atoms with Crippen LogP contribution in [0.2, 0.25) is 0 Å². The molecule has 3 aromatic rings. The van der Waals surface area contributed by atoms with Crippen LogP contribution in [0.1, 0.15) is 56.9 Å². The second-order valence-corrected chi connectivity index (χ2v) is 17.3. The molecule has 2 heterocycles. The van der Waals surface area contributed by atoms with Gasteiger partial charge in [-0.25, -0.2) is 0 Å². The molecule has 0 N–H and O–H groups in total. The Kier molecular flexibility index (Phi) is 25.5. The van der Waals surface area contributed by atoms with Crippen LogP contribution in [0, 0.1) is 31.6 Å². The minimum absolute atomic E-state index is 0.0288. The Hall–Kier alpha value is -2.75. The van der Waals surface area contributed by atoms with Gasteiger partial charge >= 0.3 is 0 Å². The van der Waals surface area contributed by atoms with Gasteiger partial charge in [0.25, 0.3) is 0 Å². The van der Waals surface area contributed by atoms with Crippen LogP contribution in [-0.4, -0.2) is 183 Å². The number of carbonyl (C=O) groups is 1. The zero-order valence-electron chi connectivity index (χ0n) is 39.4. The molecule has 0 aromatic heterocycles. The lowest BCUT2D eigenvalue weighted by molar-refractivity contribution is -0.130. The first kappa shape index (κ1) is 51.6. The van der Waals surface area contributed by atoms with Gasteiger partial charge in [-0.05, 0) is 84.8 Å². The van der Waals surface area contributed by atoms with Crippen molar-refractivity contribution in [1.29, 1.82) is 0 Å². The first-order chi connectivity index (χ1) is 32.2. The number of carbonyl (C=O) groups excluding carboxylic acids is 1. The maximum Gasteiger partial charge on any atom is 0.230 e. The average molecular weight is 900 g/mol. The van der Waals surface area contributed by atoms with Gasteiger partial charge in [-0.1, -0.05) is 87.1 Å². The second-order valence-electron chi connectivity index (χ2n) is 17.3. The number of ether oxygens (including phenoxy) is 7. The Bertz CT molecular complexity index is 1640. The fraction of sp³-hybridized carbons (Fsp3) is 0.623. The predicted octanol–water partition coefficient (Wildman–Crippen LogP) is 6.90. The summed E-state index contributed by atoms with van der Waals surface area (Å²) in [5.41, 5.74) is 1.36. The first-order valence-electron chi connectivity index (χ1n) is 24.9. The van der Waals surface area contributed by atoms with Crippen LogP contribution in [0.3, 0.4) is 0 Å². The topological polar surface area (TPSA) is 94.6 Å². The largest absolute Gasteiger partial charge is 0.378 e. The van der Waals surface area contributed by atoms with E-state index in [-0.39, 0.29) is 5.91 Å². The van der Waals surface area contributed by atoms with Crippen molar-refractivity contribution in [3.8, 4) is 0 Å². The molecule has 3 fully saturated rings. The summed E-state index contributed by atoms with van der Waals surface area (Å²) in [5.74, 6) is 0.742. The van der Waals surface area contributed by atoms with E-state index in [1.165, 1.54) is 78.5 Å². The summed E-state index contributed by atoms with van der Waals surface area (Å²) in [5, 5.41) is 5.17. The molecular weight excluding hydrogens is 821 g/mol. The molecule has 3 aliphatic rings. The van der Waals surface area contributed by atoms with Gasteiger partial charge in [-0.2, -0.15) is 0 Å². The highest BCUT2D eigenvalue weighted by molar-refractivity contribution is 6.02. The molecule has 12 heteroatoms. The maximum absolute atomic E-state index is 13.0. The fourth-order valence-corrected chi connectivity index (χ4v) is 8.77. The minimum Gasteiger partial charge on any atom is -0.378 e. The molecule has 0 unspecified atom stereocenters. The Balaban J connectivity index is 0.807. The van der Waals surface area contributed by atoms with Gasteiger partial charge in [0.1, 0.15) is 0 Å². The van der Waals surface area contributed by atoms with Crippen molar-refractivity contribution < 1.29 is 38.0 Å². The van der Waals surface area contributed by atoms with Crippen LogP contribution >= 0.6 is 0 Å². The van der Waals surface area contributed by atoms with Gasteiger partial charge in [0.05, 0.1) is 98.4 Å². The smallest absolute Gasteiger partial charge is 0.230 e. The Labute approximate surface area is 391 Å². The number of hydrogen-bond acceptors (Lipinski definition) is 11. The number of benzene rings is 3. The molecular formula is C53H79N4O8. The number of fused-ring (bicyclic) bond motifs is 2. The molecule has 2 aliphatic heterocycles. The normalized spacial score (nSPS) is 20.9. The zero-order chi connectivity index (χ0) is 44.8. The van der Waals surface area contributed by atoms with E-state index in [1.807, 2.05) is 30.6 Å². The standard InChI is InChI=1S/C53H79N4O8/c58-53(47-15-7-8-16-47)57-29-37-59-31-23-54(24-32-62-43-44-65-38-30-57)21-13-5-3-1-2-4-6-14-22-55-25-33-60-39-41-63-35-27-56(28-36-64-42-40-61-34-26-55)46-52-50-19-11-9-17-48(50)45-49-18-10-12-20-51(49)52/h7-12,15-20,45H,1-6,13-14,21-44,46H2. The first-order valence-corrected chi connectivity index (χ1v) is 24.9. The van der Waals surface area contributed by atoms with E-state index < -0.39 is 0 Å². The number of nitrogens with zero attached hydrogens (tertiary/aromatic N) is 4. The lowest BCUT2D eigenvalue weighted by Gasteiger charge is -2.25. The summed E-state index contributed by atoms with van der Waals surface area (Å²) in [7, 11) is 0. The molecule has 1 aliphatic carbocycles. The average Bonchev–Trinajstić information content (AvgIpc) is 3.87. The van der Waals surface area contributed by atoms with Crippen LogP contribution in [0.4, 0.5) is 0 Å². The summed E-state index contributed by atoms with van der Waals surface area (Å²) in [6, 6.07) is 19.7. The molecule has 0 spiro atoms. The van der Waals surface area contributed by atoms with Crippen LogP contribution in [-0.2, 0) is 44.5 Å². The Morgan fingerprint density at radius 3 is 1.20 bits per heavy atom. The second kappa shape index (κ2) is 32.1. The van der Waals surface area contributed by atoms with Gasteiger partial charge in [0.2, 0.25) is 5.91 Å². The van der Waals surface area contributed by atoms with E-state index >= 15 is 0 Å². The lowest BCUT2D eigenvalue weighted by Crippen LogP contribution is -2.39. The van der Waals surface area contributed by atoms with Gasteiger partial charge in [0.15, 0.2) is 0 Å². The van der Waals surface area contributed by atoms with E-state index in [4.69, 9.17) is 33.2 Å². The Morgan fingerprint density at radius 2 is 0.769 bits per heavy atom. The SMILES string of the molecule is O=C([C]1[CH][CH][CH][CH]1)N1CCOCCOCCN(CCCCCCCCCCN2CCOCCOCCN(Cc3c4ccccc4cc4ccccc34)CCOCCOCC2)CCOCC1. The van der Waals surface area contributed by atoms with Gasteiger partial charge < -0.3 is 38.1 Å². The van der Waals surface area contributed by atoms with Crippen molar-refractivity contribution in [2.24, 2.45) is 0 Å². The monoisotopic (exact) mass is 900 g/mol. The highest BCUT2D eigenvalue weighted by Crippen LogP contribution is 2.30. The predicted molar refractivity (Wildman–Crippen MR) is 259 cm³/mol. The molecule has 2 saturated heterocycles. The summed E-state index contributed by atoms with van der Waals surface area (Å²) >= 11 is 0. The van der Waals surface area contributed by atoms with E-state index in [1.54, 1.807) is 0 Å². The number of unbranched alkanes of at least 4 members (excludes halogenated alkanes) is 7. The van der Waals surface area contributed by atoms with Crippen LogP contribution < -0.4 is 0 Å². The summed E-state index contributed by atoms with van der Waals surface area (Å²) in [4.78, 5) is 22.2. The van der Waals surface area contributed by atoms with Crippen LogP contribution in [0.5, 0.6) is 0 Å². The molecule has 1 amide bonds. The van der Waals surface area contributed by atoms with Crippen molar-refractivity contribution in [3.05, 3.63) is 91.8 Å². The maximum atomic E-state index is 13.0. The van der Waals surface area contributed by atoms with Crippen LogP contribution in [0.25, 0.3) is 21.5 Å². The lowest BCUT2D eigenvalue weighted by atomic mass is 9.96. The number of hydrogen-bond donors (Lipinski definition) is 0.